The molecule has 0 saturated carbocycles. The van der Waals surface area contributed by atoms with E-state index in [9.17, 15) is 14.4 Å². The third-order valence-electron chi connectivity index (χ3n) is 4.73. The van der Waals surface area contributed by atoms with Crippen molar-refractivity contribution in [3.8, 4) is 0 Å². The number of carbonyl (C=O) groups excluding carboxylic acids is 3. The van der Waals surface area contributed by atoms with Crippen LogP contribution in [0.4, 0.5) is 0 Å². The molecular weight excluding hydrogens is 396 g/mol. The third-order valence-corrected chi connectivity index (χ3v) is 4.73. The van der Waals surface area contributed by atoms with Crippen LogP contribution in [0, 0.1) is 5.92 Å². The summed E-state index contributed by atoms with van der Waals surface area (Å²) in [4.78, 5) is 37.1. The molecule has 1 amide bonds. The highest BCUT2D eigenvalue weighted by Crippen LogP contribution is 2.09. The number of hydrogen-bond acceptors (Lipinski definition) is 6. The third kappa shape index (κ3) is 8.60. The van der Waals surface area contributed by atoms with E-state index in [0.29, 0.717) is 0 Å². The van der Waals surface area contributed by atoms with Gasteiger partial charge in [0.25, 0.3) is 0 Å². The van der Waals surface area contributed by atoms with E-state index in [-0.39, 0.29) is 32.0 Å². The summed E-state index contributed by atoms with van der Waals surface area (Å²) in [6.45, 7) is 3.84. The Hall–Kier alpha value is -3.19. The SMILES string of the molecule is CC(C)[C@@H](N)C(=O)N[C@H](CCC(=O)OCc1ccccc1)C(=O)OCc1ccccc1. The Morgan fingerprint density at radius 1 is 0.871 bits per heavy atom. The van der Waals surface area contributed by atoms with Crippen LogP contribution in [0.2, 0.25) is 0 Å². The van der Waals surface area contributed by atoms with Crippen molar-refractivity contribution in [2.45, 2.75) is 52.0 Å². The van der Waals surface area contributed by atoms with Gasteiger partial charge in [-0.15, -0.1) is 0 Å². The van der Waals surface area contributed by atoms with Gasteiger partial charge < -0.3 is 20.5 Å². The van der Waals surface area contributed by atoms with Crippen LogP contribution < -0.4 is 11.1 Å². The first kappa shape index (κ1) is 24.1. The summed E-state index contributed by atoms with van der Waals surface area (Å²) in [5.74, 6) is -1.65. The minimum absolute atomic E-state index is 0.0465. The number of ether oxygens (including phenoxy) is 2. The van der Waals surface area contributed by atoms with Gasteiger partial charge in [0, 0.05) is 6.42 Å². The Balaban J connectivity index is 1.92. The van der Waals surface area contributed by atoms with Crippen molar-refractivity contribution in [1.29, 1.82) is 0 Å². The Kier molecular flexibility index (Phi) is 9.71. The number of esters is 2. The highest BCUT2D eigenvalue weighted by Gasteiger charge is 2.27. The number of nitrogens with two attached hydrogens (primary N) is 1. The first-order valence-corrected chi connectivity index (χ1v) is 10.3. The number of nitrogens with one attached hydrogen (secondary N) is 1. The minimum Gasteiger partial charge on any atom is -0.461 e. The summed E-state index contributed by atoms with van der Waals surface area (Å²) in [7, 11) is 0. The number of rotatable bonds is 11. The van der Waals surface area contributed by atoms with Gasteiger partial charge in [0.2, 0.25) is 5.91 Å². The van der Waals surface area contributed by atoms with Gasteiger partial charge >= 0.3 is 11.9 Å². The molecule has 0 aliphatic carbocycles. The molecule has 0 unspecified atom stereocenters. The summed E-state index contributed by atoms with van der Waals surface area (Å²) in [5.41, 5.74) is 7.57. The van der Waals surface area contributed by atoms with E-state index >= 15 is 0 Å². The highest BCUT2D eigenvalue weighted by molar-refractivity contribution is 5.87. The lowest BCUT2D eigenvalue weighted by Crippen LogP contribution is -2.50. The van der Waals surface area contributed by atoms with Crippen LogP contribution in [0.5, 0.6) is 0 Å². The van der Waals surface area contributed by atoms with Gasteiger partial charge in [-0.25, -0.2) is 4.79 Å². The van der Waals surface area contributed by atoms with Gasteiger partial charge in [-0.3, -0.25) is 9.59 Å². The van der Waals surface area contributed by atoms with E-state index < -0.39 is 29.9 Å². The number of benzene rings is 2. The molecule has 2 rings (SSSR count). The summed E-state index contributed by atoms with van der Waals surface area (Å²) in [5, 5.41) is 2.62. The molecule has 0 fully saturated rings. The van der Waals surface area contributed by atoms with Gasteiger partial charge in [-0.05, 0) is 23.5 Å². The maximum Gasteiger partial charge on any atom is 0.328 e. The van der Waals surface area contributed by atoms with Gasteiger partial charge in [0.05, 0.1) is 6.04 Å². The first-order chi connectivity index (χ1) is 14.9. The average molecular weight is 427 g/mol. The lowest BCUT2D eigenvalue weighted by Gasteiger charge is -2.21. The Morgan fingerprint density at radius 3 is 1.90 bits per heavy atom. The van der Waals surface area contributed by atoms with E-state index in [4.69, 9.17) is 15.2 Å². The zero-order chi connectivity index (χ0) is 22.6. The summed E-state index contributed by atoms with van der Waals surface area (Å²) in [6.07, 6.45) is 0.00688. The molecule has 31 heavy (non-hydrogen) atoms. The van der Waals surface area contributed by atoms with Crippen LogP contribution in [0.15, 0.2) is 60.7 Å². The minimum atomic E-state index is -0.995. The van der Waals surface area contributed by atoms with Crippen LogP contribution in [-0.2, 0) is 37.1 Å². The molecule has 0 radical (unpaired) electrons. The molecule has 0 heterocycles. The largest absolute Gasteiger partial charge is 0.461 e. The smallest absolute Gasteiger partial charge is 0.328 e. The molecule has 166 valence electrons. The predicted octanol–water partition coefficient (Wildman–Crippen LogP) is 2.72. The van der Waals surface area contributed by atoms with Crippen LogP contribution in [-0.4, -0.2) is 29.9 Å². The average Bonchev–Trinajstić information content (AvgIpc) is 2.79. The molecule has 2 atom stereocenters. The molecule has 7 heteroatoms. The van der Waals surface area contributed by atoms with Crippen molar-refractivity contribution >= 4 is 17.8 Å². The van der Waals surface area contributed by atoms with E-state index in [1.807, 2.05) is 74.5 Å². The zero-order valence-electron chi connectivity index (χ0n) is 18.0. The fourth-order valence-electron chi connectivity index (χ4n) is 2.72. The second-order valence-electron chi connectivity index (χ2n) is 7.61. The molecule has 3 N–H and O–H groups in total. The van der Waals surface area contributed by atoms with Crippen LogP contribution in [0.25, 0.3) is 0 Å². The molecule has 0 saturated heterocycles. The maximum atomic E-state index is 12.6. The highest BCUT2D eigenvalue weighted by atomic mass is 16.5. The fourth-order valence-corrected chi connectivity index (χ4v) is 2.72. The Bertz CT molecular complexity index is 840. The molecule has 0 bridgehead atoms. The topological polar surface area (TPSA) is 108 Å². The van der Waals surface area contributed by atoms with E-state index in [1.54, 1.807) is 0 Å². The maximum absolute atomic E-state index is 12.6. The van der Waals surface area contributed by atoms with Crippen LogP contribution in [0.1, 0.15) is 37.8 Å². The number of carbonyl (C=O) groups is 3. The number of amides is 1. The van der Waals surface area contributed by atoms with Gasteiger partial charge in [0.1, 0.15) is 19.3 Å². The van der Waals surface area contributed by atoms with Crippen molar-refractivity contribution in [2.24, 2.45) is 11.7 Å². The monoisotopic (exact) mass is 426 g/mol. The van der Waals surface area contributed by atoms with Crippen molar-refractivity contribution in [1.82, 2.24) is 5.32 Å². The Labute approximate surface area is 182 Å². The Morgan fingerprint density at radius 2 is 1.39 bits per heavy atom. The fraction of sp³-hybridized carbons (Fsp3) is 0.375. The molecule has 2 aromatic rings. The van der Waals surface area contributed by atoms with E-state index in [1.165, 1.54) is 0 Å². The molecule has 2 aromatic carbocycles. The van der Waals surface area contributed by atoms with Gasteiger partial charge in [0.15, 0.2) is 0 Å². The van der Waals surface area contributed by atoms with Gasteiger partial charge in [-0.1, -0.05) is 74.5 Å². The number of hydrogen-bond donors (Lipinski definition) is 2. The predicted molar refractivity (Wildman–Crippen MR) is 116 cm³/mol. The molecule has 7 nitrogen and oxygen atoms in total. The lowest BCUT2D eigenvalue weighted by molar-refractivity contribution is -0.150. The summed E-state index contributed by atoms with van der Waals surface area (Å²) < 4.78 is 10.6. The van der Waals surface area contributed by atoms with Crippen molar-refractivity contribution < 1.29 is 23.9 Å². The summed E-state index contributed by atoms with van der Waals surface area (Å²) in [6, 6.07) is 16.7. The first-order valence-electron chi connectivity index (χ1n) is 10.3. The van der Waals surface area contributed by atoms with Crippen molar-refractivity contribution in [2.75, 3.05) is 0 Å². The van der Waals surface area contributed by atoms with Crippen LogP contribution >= 0.6 is 0 Å². The normalized spacial score (nSPS) is 12.6. The van der Waals surface area contributed by atoms with E-state index in [2.05, 4.69) is 5.32 Å². The molecule has 0 aliphatic rings. The van der Waals surface area contributed by atoms with E-state index in [0.717, 1.165) is 11.1 Å². The molecular formula is C24H30N2O5. The lowest BCUT2D eigenvalue weighted by atomic mass is 10.0. The summed E-state index contributed by atoms with van der Waals surface area (Å²) >= 11 is 0. The van der Waals surface area contributed by atoms with Crippen molar-refractivity contribution in [3.63, 3.8) is 0 Å². The standard InChI is InChI=1S/C24H30N2O5/c1-17(2)22(25)23(28)26-20(24(29)31-16-19-11-7-4-8-12-19)13-14-21(27)30-15-18-9-5-3-6-10-18/h3-12,17,20,22H,13-16,25H2,1-2H3,(H,26,28)/t20-,22-/m1/s1. The molecule has 0 aromatic heterocycles. The van der Waals surface area contributed by atoms with Gasteiger partial charge in [-0.2, -0.15) is 0 Å². The van der Waals surface area contributed by atoms with Crippen LogP contribution in [0.3, 0.4) is 0 Å². The van der Waals surface area contributed by atoms with Crippen molar-refractivity contribution in [3.05, 3.63) is 71.8 Å². The second kappa shape index (κ2) is 12.5. The quantitative estimate of drug-likeness (QED) is 0.535. The zero-order valence-corrected chi connectivity index (χ0v) is 18.0. The molecule has 0 spiro atoms. The molecule has 0 aliphatic heterocycles. The second-order valence-corrected chi connectivity index (χ2v) is 7.61.